The number of piperidine rings is 1. The van der Waals surface area contributed by atoms with Crippen LogP contribution in [0.3, 0.4) is 0 Å². The zero-order valence-electron chi connectivity index (χ0n) is 52.1. The number of nitrogens with zero attached hydrogens (tertiary/aromatic N) is 5. The third kappa shape index (κ3) is 16.2. The fraction of sp³-hybridized carbons (Fsp3) is 0.719. The van der Waals surface area contributed by atoms with Gasteiger partial charge in [-0.3, -0.25) is 9.59 Å². The quantitative estimate of drug-likeness (QED) is 0.107. The summed E-state index contributed by atoms with van der Waals surface area (Å²) in [5, 5.41) is 0. The number of ether oxygens (including phenoxy) is 2. The molecule has 2 aromatic rings. The van der Waals surface area contributed by atoms with E-state index >= 15 is 0 Å². The molecule has 0 radical (unpaired) electrons. The second-order valence-electron chi connectivity index (χ2n) is 28.9. The van der Waals surface area contributed by atoms with E-state index in [0.29, 0.717) is 67.0 Å². The predicted molar refractivity (Wildman–Crippen MR) is 315 cm³/mol. The number of hydrogen-bond acceptors (Lipinski definition) is 12. The van der Waals surface area contributed by atoms with Crippen LogP contribution in [0.25, 0.3) is 0 Å². The first-order chi connectivity index (χ1) is 37.8. The molecule has 3 heterocycles. The molecule has 0 aromatic heterocycles. The first-order valence-corrected chi connectivity index (χ1v) is 31.4. The number of alkyl halides is 3. The molecular weight excluding hydrogens is 1070 g/mol. The van der Waals surface area contributed by atoms with E-state index in [2.05, 4.69) is 81.3 Å². The Kier molecular flexibility index (Phi) is 20.4. The van der Waals surface area contributed by atoms with Gasteiger partial charge in [-0.25, -0.2) is 19.6 Å². The van der Waals surface area contributed by atoms with E-state index in [-0.39, 0.29) is 57.7 Å². The van der Waals surface area contributed by atoms with Gasteiger partial charge in [0.15, 0.2) is 5.84 Å². The molecule has 14 nitrogen and oxygen atoms in total. The predicted octanol–water partition coefficient (Wildman–Crippen LogP) is 14.9. The molecule has 0 bridgehead atoms. The molecule has 2 atom stereocenters. The van der Waals surface area contributed by atoms with Gasteiger partial charge in [-0.2, -0.15) is 21.6 Å². The molecule has 5 aliphatic rings. The minimum Gasteiger partial charge on any atom is -0.459 e. The Hall–Kier alpha value is -5.00. The third-order valence-corrected chi connectivity index (χ3v) is 18.1. The maximum atomic E-state index is 14.5. The number of carbonyl (C=O) groups excluding carboxylic acids is 4. The van der Waals surface area contributed by atoms with Crippen molar-refractivity contribution in [2.45, 2.75) is 248 Å². The SMILES string of the molecule is CC(C)OC(=O)c1ccc([C@@H](CCC(C)(C)C)N2C(=O)C(N3CCCCC3)=NC23CCC(C(C)(C)C)CC3)cc1.CC(C)OC(=O)c1ccc([C@@H](CCC(C)(C)C)N2C(=O)C(OS(=O)(=O)C(F)(F)F)=NC23CCC(C(C)(C)C)CC3)cc1. The fourth-order valence-electron chi connectivity index (χ4n) is 12.4. The van der Waals surface area contributed by atoms with Crippen molar-refractivity contribution >= 4 is 45.6 Å². The van der Waals surface area contributed by atoms with E-state index in [9.17, 15) is 40.8 Å². The van der Waals surface area contributed by atoms with Crippen LogP contribution in [0, 0.1) is 33.5 Å². The van der Waals surface area contributed by atoms with Crippen LogP contribution in [0.5, 0.6) is 0 Å². The van der Waals surface area contributed by atoms with Gasteiger partial charge in [0.25, 0.3) is 11.8 Å². The summed E-state index contributed by atoms with van der Waals surface area (Å²) in [5.41, 5.74) is -4.72. The zero-order chi connectivity index (χ0) is 61.2. The molecule has 82 heavy (non-hydrogen) atoms. The highest BCUT2D eigenvalue weighted by Crippen LogP contribution is 2.52. The van der Waals surface area contributed by atoms with E-state index in [4.69, 9.17) is 14.5 Å². The summed E-state index contributed by atoms with van der Waals surface area (Å²) in [6.07, 6.45) is 11.8. The summed E-state index contributed by atoms with van der Waals surface area (Å²) in [4.78, 5) is 69.0. The van der Waals surface area contributed by atoms with Gasteiger partial charge in [0, 0.05) is 13.1 Å². The minimum absolute atomic E-state index is 0.0379. The number of hydrogen-bond donors (Lipinski definition) is 0. The number of rotatable bonds is 13. The maximum Gasteiger partial charge on any atom is 0.534 e. The molecule has 3 fully saturated rings. The number of likely N-dealkylation sites (tertiary alicyclic amines) is 1. The van der Waals surface area contributed by atoms with Crippen LogP contribution in [-0.2, 0) is 33.4 Å². The Balaban J connectivity index is 0.000000264. The molecule has 2 amide bonds. The lowest BCUT2D eigenvalue weighted by molar-refractivity contribution is -0.135. The van der Waals surface area contributed by atoms with E-state index < -0.39 is 50.8 Å². The summed E-state index contributed by atoms with van der Waals surface area (Å²) in [5.74, 6) is -1.20. The standard InChI is InChI=1S/C34H53N3O3.C30H43F3N2O6S/c1-24(2)40-31(39)26-14-12-25(13-15-26)28(18-19-32(3,4)5)37-30(38)29(36-22-10-9-11-23-36)35-34(37)20-16-27(17-21-34)33(6,7)8;1-19(2)40-26(37)21-11-9-20(10-12-21)23(15-16-27(3,4)5)35-25(36)24(41-42(38,39)30(31,32)33)34-29(35)17-13-22(14-18-29)28(6,7)8/h12-15,24,27-28H,9-11,16-23H2,1-8H3;9-12,19,22-23H,13-18H2,1-8H3/t27?,28-,34?;22?,23-,29?/m11/s1. The third-order valence-electron chi connectivity index (χ3n) is 17.2. The normalized spacial score (nSPS) is 23.9. The maximum absolute atomic E-state index is 14.5. The molecule has 2 aromatic carbocycles. The van der Waals surface area contributed by atoms with Gasteiger partial charge in [0.05, 0.1) is 35.4 Å². The Morgan fingerprint density at radius 2 is 0.951 bits per heavy atom. The second kappa shape index (κ2) is 25.3. The molecule has 3 aliphatic heterocycles. The summed E-state index contributed by atoms with van der Waals surface area (Å²) >= 11 is 0. The molecule has 458 valence electrons. The molecule has 18 heteroatoms. The minimum atomic E-state index is -6.11. The highest BCUT2D eigenvalue weighted by molar-refractivity contribution is 7.88. The molecule has 1 saturated heterocycles. The first kappa shape index (κ1) is 66.1. The van der Waals surface area contributed by atoms with E-state index in [0.717, 1.165) is 70.0 Å². The Labute approximate surface area is 488 Å². The average Bonchev–Trinajstić information content (AvgIpc) is 3.89. The van der Waals surface area contributed by atoms with Crippen molar-refractivity contribution in [3.63, 3.8) is 0 Å². The molecule has 2 saturated carbocycles. The van der Waals surface area contributed by atoms with Crippen LogP contribution in [0.4, 0.5) is 13.2 Å². The van der Waals surface area contributed by atoms with Gasteiger partial charge in [-0.1, -0.05) is 107 Å². The lowest BCUT2D eigenvalue weighted by atomic mass is 9.69. The number of amidine groups is 1. The van der Waals surface area contributed by atoms with E-state index in [1.54, 1.807) is 38.1 Å². The van der Waals surface area contributed by atoms with Crippen molar-refractivity contribution in [2.24, 2.45) is 43.5 Å². The van der Waals surface area contributed by atoms with E-state index in [1.807, 2.05) is 58.9 Å². The summed E-state index contributed by atoms with van der Waals surface area (Å²) in [6.45, 7) is 35.3. The van der Waals surface area contributed by atoms with Crippen molar-refractivity contribution in [3.8, 4) is 0 Å². The van der Waals surface area contributed by atoms with Crippen LogP contribution in [0.15, 0.2) is 58.5 Å². The fourth-order valence-corrected chi connectivity index (χ4v) is 12.8. The summed E-state index contributed by atoms with van der Waals surface area (Å²) < 4.78 is 78.7. The van der Waals surface area contributed by atoms with Crippen molar-refractivity contribution in [1.82, 2.24) is 14.7 Å². The number of aliphatic imine (C=N–C) groups is 2. The average molecular weight is 1170 g/mol. The lowest BCUT2D eigenvalue weighted by Crippen LogP contribution is -2.52. The van der Waals surface area contributed by atoms with Crippen LogP contribution < -0.4 is 0 Å². The Morgan fingerprint density at radius 1 is 0.585 bits per heavy atom. The smallest absolute Gasteiger partial charge is 0.459 e. The van der Waals surface area contributed by atoms with Gasteiger partial charge in [-0.05, 0) is 193 Å². The van der Waals surface area contributed by atoms with Gasteiger partial charge in [-0.15, -0.1) is 0 Å². The molecule has 2 spiro atoms. The second-order valence-corrected chi connectivity index (χ2v) is 30.4. The molecule has 2 aliphatic carbocycles. The van der Waals surface area contributed by atoms with Crippen molar-refractivity contribution in [1.29, 1.82) is 0 Å². The monoisotopic (exact) mass is 1170 g/mol. The van der Waals surface area contributed by atoms with Gasteiger partial charge in [0.1, 0.15) is 11.3 Å². The lowest BCUT2D eigenvalue weighted by Gasteiger charge is -2.47. The zero-order valence-corrected chi connectivity index (χ0v) is 52.9. The van der Waals surface area contributed by atoms with Crippen LogP contribution in [-0.4, -0.2) is 101 Å². The first-order valence-electron chi connectivity index (χ1n) is 30.0. The highest BCUT2D eigenvalue weighted by atomic mass is 32.2. The van der Waals surface area contributed by atoms with Crippen LogP contribution in [0.2, 0.25) is 0 Å². The summed E-state index contributed by atoms with van der Waals surface area (Å²) in [7, 11) is -6.11. The van der Waals surface area contributed by atoms with E-state index in [1.165, 1.54) is 11.3 Å². The van der Waals surface area contributed by atoms with Crippen LogP contribution >= 0.6 is 0 Å². The number of halogens is 3. The largest absolute Gasteiger partial charge is 0.534 e. The molecule has 0 unspecified atom stereocenters. The van der Waals surface area contributed by atoms with Crippen molar-refractivity contribution in [3.05, 3.63) is 70.8 Å². The molecular formula is C64H96F3N5O9S. The van der Waals surface area contributed by atoms with Crippen molar-refractivity contribution < 1.29 is 54.4 Å². The van der Waals surface area contributed by atoms with Gasteiger partial charge < -0.3 is 28.4 Å². The topological polar surface area (TPSA) is 165 Å². The summed E-state index contributed by atoms with van der Waals surface area (Å²) in [6, 6.07) is 13.6. The van der Waals surface area contributed by atoms with Crippen molar-refractivity contribution in [2.75, 3.05) is 13.1 Å². The molecule has 7 rings (SSSR count). The molecule has 0 N–H and O–H groups in total. The Morgan fingerprint density at radius 3 is 1.29 bits per heavy atom. The van der Waals surface area contributed by atoms with Gasteiger partial charge >= 0.3 is 33.5 Å². The number of carbonyl (C=O) groups is 4. The number of esters is 2. The Bertz CT molecular complexity index is 2730. The number of benzene rings is 2. The highest BCUT2D eigenvalue weighted by Gasteiger charge is 2.58. The van der Waals surface area contributed by atoms with Crippen LogP contribution in [0.1, 0.15) is 251 Å². The number of amides is 2. The van der Waals surface area contributed by atoms with Gasteiger partial charge in [0.2, 0.25) is 0 Å².